The minimum atomic E-state index is -1.59. The first-order valence-corrected chi connectivity index (χ1v) is 6.12. The number of aliphatic carboxylic acids is 1. The van der Waals surface area contributed by atoms with Crippen LogP contribution in [0.3, 0.4) is 0 Å². The number of rotatable bonds is 4. The van der Waals surface area contributed by atoms with Gasteiger partial charge in [0.15, 0.2) is 17.5 Å². The maximum atomic E-state index is 13.1. The number of carbonyl (C=O) groups is 1. The number of hydrogen-bond donors (Lipinski definition) is 2. The highest BCUT2D eigenvalue weighted by molar-refractivity contribution is 5.75. The van der Waals surface area contributed by atoms with Gasteiger partial charge >= 0.3 is 5.97 Å². The Balaban J connectivity index is 2.25. The van der Waals surface area contributed by atoms with Crippen molar-refractivity contribution >= 4 is 5.97 Å². The summed E-state index contributed by atoms with van der Waals surface area (Å²) < 4.78 is 39.1. The van der Waals surface area contributed by atoms with E-state index < -0.39 is 29.5 Å². The van der Waals surface area contributed by atoms with Crippen LogP contribution in [-0.4, -0.2) is 17.1 Å². The maximum absolute atomic E-state index is 13.1. The van der Waals surface area contributed by atoms with Gasteiger partial charge in [-0.1, -0.05) is 12.8 Å². The number of halogens is 3. The fourth-order valence-electron chi connectivity index (χ4n) is 2.38. The van der Waals surface area contributed by atoms with Crippen LogP contribution in [0.15, 0.2) is 12.1 Å². The van der Waals surface area contributed by atoms with E-state index in [1.807, 2.05) is 0 Å². The van der Waals surface area contributed by atoms with Gasteiger partial charge in [0.05, 0.1) is 0 Å². The van der Waals surface area contributed by atoms with Crippen LogP contribution in [0.5, 0.6) is 0 Å². The van der Waals surface area contributed by atoms with Gasteiger partial charge in [0.2, 0.25) is 0 Å². The summed E-state index contributed by atoms with van der Waals surface area (Å²) in [6, 6.07) is 0.225. The Bertz CT molecular complexity index is 464. The van der Waals surface area contributed by atoms with Crippen LogP contribution in [0.1, 0.15) is 37.3 Å². The fourth-order valence-corrected chi connectivity index (χ4v) is 2.38. The normalized spacial score (nSPS) is 17.6. The predicted octanol–water partition coefficient (Wildman–Crippen LogP) is 2.76. The van der Waals surface area contributed by atoms with Crippen molar-refractivity contribution in [1.29, 1.82) is 0 Å². The van der Waals surface area contributed by atoms with Crippen LogP contribution in [-0.2, 0) is 4.79 Å². The van der Waals surface area contributed by atoms with Gasteiger partial charge in [-0.25, -0.2) is 13.2 Å². The van der Waals surface area contributed by atoms with Crippen molar-refractivity contribution < 1.29 is 23.1 Å². The Morgan fingerprint density at radius 1 is 1.21 bits per heavy atom. The number of hydrogen-bond acceptors (Lipinski definition) is 2. The topological polar surface area (TPSA) is 49.3 Å². The van der Waals surface area contributed by atoms with E-state index in [-0.39, 0.29) is 11.6 Å². The van der Waals surface area contributed by atoms with Crippen molar-refractivity contribution in [1.82, 2.24) is 5.32 Å². The smallest absolute Gasteiger partial charge is 0.325 e. The van der Waals surface area contributed by atoms with E-state index >= 15 is 0 Å². The molecule has 1 aliphatic carbocycles. The van der Waals surface area contributed by atoms with Crippen LogP contribution >= 0.6 is 0 Å². The minimum Gasteiger partial charge on any atom is -0.480 e. The Morgan fingerprint density at radius 3 is 2.21 bits per heavy atom. The lowest BCUT2D eigenvalue weighted by Crippen LogP contribution is -2.35. The van der Waals surface area contributed by atoms with Crippen LogP contribution in [0, 0.1) is 17.5 Å². The second-order valence-corrected chi connectivity index (χ2v) is 4.72. The first-order valence-electron chi connectivity index (χ1n) is 6.12. The van der Waals surface area contributed by atoms with Gasteiger partial charge in [-0.3, -0.25) is 10.1 Å². The van der Waals surface area contributed by atoms with Crippen molar-refractivity contribution in [2.45, 2.75) is 37.8 Å². The van der Waals surface area contributed by atoms with Crippen molar-refractivity contribution in [2.24, 2.45) is 0 Å². The summed E-state index contributed by atoms with van der Waals surface area (Å²) in [6.07, 6.45) is 3.65. The Morgan fingerprint density at radius 2 is 1.74 bits per heavy atom. The molecule has 0 aliphatic heterocycles. The molecule has 1 unspecified atom stereocenters. The monoisotopic (exact) mass is 273 g/mol. The van der Waals surface area contributed by atoms with Crippen molar-refractivity contribution in [3.63, 3.8) is 0 Å². The molecule has 3 nitrogen and oxygen atoms in total. The molecule has 19 heavy (non-hydrogen) atoms. The summed E-state index contributed by atoms with van der Waals surface area (Å²) in [5.74, 6) is -5.59. The Hall–Kier alpha value is -1.56. The first kappa shape index (κ1) is 13.9. The second-order valence-electron chi connectivity index (χ2n) is 4.72. The molecule has 104 valence electrons. The second kappa shape index (κ2) is 5.61. The van der Waals surface area contributed by atoms with E-state index in [1.165, 1.54) is 0 Å². The van der Waals surface area contributed by atoms with Crippen LogP contribution in [0.4, 0.5) is 13.2 Å². The fraction of sp³-hybridized carbons (Fsp3) is 0.462. The number of benzene rings is 1. The summed E-state index contributed by atoms with van der Waals surface area (Å²) >= 11 is 0. The zero-order valence-corrected chi connectivity index (χ0v) is 10.1. The third-order valence-corrected chi connectivity index (χ3v) is 3.34. The predicted molar refractivity (Wildman–Crippen MR) is 62.1 cm³/mol. The molecule has 1 aromatic carbocycles. The SMILES string of the molecule is O=C(O)C(NC1CCCC1)c1cc(F)c(F)c(F)c1. The van der Waals surface area contributed by atoms with E-state index in [0.29, 0.717) is 0 Å². The van der Waals surface area contributed by atoms with Crippen molar-refractivity contribution in [3.05, 3.63) is 35.1 Å². The van der Waals surface area contributed by atoms with E-state index in [2.05, 4.69) is 5.32 Å². The van der Waals surface area contributed by atoms with Crippen LogP contribution in [0.25, 0.3) is 0 Å². The van der Waals surface area contributed by atoms with E-state index in [1.54, 1.807) is 0 Å². The van der Waals surface area contributed by atoms with Gasteiger partial charge in [-0.2, -0.15) is 0 Å². The summed E-state index contributed by atoms with van der Waals surface area (Å²) in [5, 5.41) is 12.0. The quantitative estimate of drug-likeness (QED) is 0.829. The lowest BCUT2D eigenvalue weighted by Gasteiger charge is -2.20. The highest BCUT2D eigenvalue weighted by Gasteiger charge is 2.27. The standard InChI is InChI=1S/C13H14F3NO2/c14-9-5-7(6-10(15)11(9)16)12(13(18)19)17-8-3-1-2-4-8/h5-6,8,12,17H,1-4H2,(H,18,19). The molecule has 0 aromatic heterocycles. The number of carboxylic acids is 1. The van der Waals surface area contributed by atoms with Crippen LogP contribution in [0.2, 0.25) is 0 Å². The van der Waals surface area contributed by atoms with Gasteiger partial charge in [0, 0.05) is 6.04 Å². The zero-order valence-electron chi connectivity index (χ0n) is 10.1. The number of carboxylic acid groups (broad SMARTS) is 1. The molecule has 0 radical (unpaired) electrons. The van der Waals surface area contributed by atoms with Crippen molar-refractivity contribution in [2.75, 3.05) is 0 Å². The summed E-state index contributed by atoms with van der Waals surface area (Å²) in [4.78, 5) is 11.2. The summed E-state index contributed by atoms with van der Waals surface area (Å²) in [7, 11) is 0. The maximum Gasteiger partial charge on any atom is 0.325 e. The van der Waals surface area contributed by atoms with Gasteiger partial charge in [-0.05, 0) is 30.5 Å². The molecule has 1 atom stereocenters. The lowest BCUT2D eigenvalue weighted by molar-refractivity contribution is -0.139. The third-order valence-electron chi connectivity index (χ3n) is 3.34. The van der Waals surface area contributed by atoms with Gasteiger partial charge < -0.3 is 5.11 Å². The minimum absolute atomic E-state index is 0.0114. The highest BCUT2D eigenvalue weighted by Crippen LogP contribution is 2.24. The van der Waals surface area contributed by atoms with Crippen LogP contribution < -0.4 is 5.32 Å². The molecule has 1 aliphatic rings. The first-order chi connectivity index (χ1) is 8.99. The molecule has 0 spiro atoms. The molecule has 0 heterocycles. The molecule has 0 amide bonds. The van der Waals surface area contributed by atoms with Gasteiger partial charge in [0.1, 0.15) is 6.04 Å². The average molecular weight is 273 g/mol. The average Bonchev–Trinajstić information content (AvgIpc) is 2.85. The molecule has 0 bridgehead atoms. The Labute approximate surface area is 108 Å². The largest absolute Gasteiger partial charge is 0.480 e. The highest BCUT2D eigenvalue weighted by atomic mass is 19.2. The van der Waals surface area contributed by atoms with E-state index in [4.69, 9.17) is 5.11 Å². The third kappa shape index (κ3) is 3.07. The molecule has 6 heteroatoms. The molecule has 0 saturated heterocycles. The molecule has 2 N–H and O–H groups in total. The Kier molecular flexibility index (Phi) is 4.09. The molecule has 1 saturated carbocycles. The van der Waals surface area contributed by atoms with E-state index in [9.17, 15) is 18.0 Å². The number of nitrogens with one attached hydrogen (secondary N) is 1. The molecular formula is C13H14F3NO2. The molecule has 1 fully saturated rings. The molecule has 2 rings (SSSR count). The summed E-state index contributed by atoms with van der Waals surface area (Å²) in [5.41, 5.74) is -0.115. The van der Waals surface area contributed by atoms with Crippen molar-refractivity contribution in [3.8, 4) is 0 Å². The van der Waals surface area contributed by atoms with Gasteiger partial charge in [-0.15, -0.1) is 0 Å². The summed E-state index contributed by atoms with van der Waals surface area (Å²) in [6.45, 7) is 0. The molecule has 1 aromatic rings. The van der Waals surface area contributed by atoms with E-state index in [0.717, 1.165) is 37.8 Å². The molecular weight excluding hydrogens is 259 g/mol. The lowest BCUT2D eigenvalue weighted by atomic mass is 10.0. The zero-order chi connectivity index (χ0) is 14.0. The van der Waals surface area contributed by atoms with Gasteiger partial charge in [0.25, 0.3) is 0 Å².